The number of benzene rings is 1. The minimum Gasteiger partial charge on any atom is -0.497 e. The Morgan fingerprint density at radius 2 is 1.94 bits per heavy atom. The summed E-state index contributed by atoms with van der Waals surface area (Å²) in [6.45, 7) is 4.15. The molecule has 3 heterocycles. The number of anilines is 1. The van der Waals surface area contributed by atoms with E-state index in [2.05, 4.69) is 9.88 Å². The van der Waals surface area contributed by atoms with Crippen molar-refractivity contribution in [2.24, 2.45) is 0 Å². The first-order valence-corrected chi connectivity index (χ1v) is 10.9. The highest BCUT2D eigenvalue weighted by molar-refractivity contribution is 5.78. The van der Waals surface area contributed by atoms with Gasteiger partial charge in [0, 0.05) is 52.0 Å². The van der Waals surface area contributed by atoms with E-state index >= 15 is 0 Å². The lowest BCUT2D eigenvalue weighted by molar-refractivity contribution is -0.133. The standard InChI is InChI=1S/C23H31N5O3/c1-26(2)23-24-14-19(17-6-8-18(30-3)9-7-17)22(25-23)20-15-27(12-13-31-20)16-21(29)28-10-4-5-11-28/h6-9,14,20H,4-5,10-13,15-16H2,1-3H3/t20-/m1/s1. The van der Waals surface area contributed by atoms with Gasteiger partial charge in [0.1, 0.15) is 11.9 Å². The number of carbonyl (C=O) groups excluding carboxylic acids is 1. The second-order valence-corrected chi connectivity index (χ2v) is 8.27. The van der Waals surface area contributed by atoms with Crippen molar-refractivity contribution < 1.29 is 14.3 Å². The topological polar surface area (TPSA) is 71.0 Å². The van der Waals surface area contributed by atoms with Crippen molar-refractivity contribution in [3.63, 3.8) is 0 Å². The summed E-state index contributed by atoms with van der Waals surface area (Å²) in [5.74, 6) is 1.66. The van der Waals surface area contributed by atoms with Gasteiger partial charge in [-0.3, -0.25) is 9.69 Å². The van der Waals surface area contributed by atoms with Crippen LogP contribution in [0.25, 0.3) is 11.1 Å². The lowest BCUT2D eigenvalue weighted by Crippen LogP contribution is -2.45. The number of aromatic nitrogens is 2. The molecule has 166 valence electrons. The highest BCUT2D eigenvalue weighted by atomic mass is 16.5. The Bertz CT molecular complexity index is 897. The summed E-state index contributed by atoms with van der Waals surface area (Å²) in [6.07, 6.45) is 3.85. The van der Waals surface area contributed by atoms with E-state index in [1.807, 2.05) is 54.4 Å². The zero-order chi connectivity index (χ0) is 21.8. The Kier molecular flexibility index (Phi) is 6.67. The molecule has 0 N–H and O–H groups in total. The molecular weight excluding hydrogens is 394 g/mol. The second-order valence-electron chi connectivity index (χ2n) is 8.27. The number of amides is 1. The minimum absolute atomic E-state index is 0.213. The van der Waals surface area contributed by atoms with Crippen LogP contribution in [0.15, 0.2) is 30.5 Å². The van der Waals surface area contributed by atoms with E-state index in [4.69, 9.17) is 14.5 Å². The molecule has 1 amide bonds. The first-order chi connectivity index (χ1) is 15.0. The van der Waals surface area contributed by atoms with Crippen molar-refractivity contribution in [1.29, 1.82) is 0 Å². The highest BCUT2D eigenvalue weighted by Gasteiger charge is 2.29. The molecule has 8 nitrogen and oxygen atoms in total. The summed E-state index contributed by atoms with van der Waals surface area (Å²) in [5, 5.41) is 0. The molecule has 2 aliphatic rings. The number of hydrogen-bond donors (Lipinski definition) is 0. The van der Waals surface area contributed by atoms with Gasteiger partial charge in [-0.1, -0.05) is 12.1 Å². The van der Waals surface area contributed by atoms with E-state index in [1.165, 1.54) is 0 Å². The van der Waals surface area contributed by atoms with E-state index in [9.17, 15) is 4.79 Å². The lowest BCUT2D eigenvalue weighted by Gasteiger charge is -2.34. The van der Waals surface area contributed by atoms with Crippen LogP contribution in [0.2, 0.25) is 0 Å². The van der Waals surface area contributed by atoms with Crippen LogP contribution in [-0.4, -0.2) is 86.2 Å². The Morgan fingerprint density at radius 1 is 1.19 bits per heavy atom. The normalized spacial score (nSPS) is 19.5. The first-order valence-electron chi connectivity index (χ1n) is 10.9. The molecule has 0 bridgehead atoms. The Labute approximate surface area is 183 Å². The third-order valence-corrected chi connectivity index (χ3v) is 5.88. The fraction of sp³-hybridized carbons (Fsp3) is 0.522. The molecule has 0 spiro atoms. The summed E-state index contributed by atoms with van der Waals surface area (Å²) in [7, 11) is 5.51. The second kappa shape index (κ2) is 9.62. The number of ether oxygens (including phenoxy) is 2. The number of likely N-dealkylation sites (tertiary alicyclic amines) is 1. The molecular formula is C23H31N5O3. The van der Waals surface area contributed by atoms with Gasteiger partial charge in [-0.25, -0.2) is 9.97 Å². The smallest absolute Gasteiger partial charge is 0.236 e. The molecule has 8 heteroatoms. The molecule has 0 unspecified atom stereocenters. The molecule has 2 fully saturated rings. The van der Waals surface area contributed by atoms with Crippen molar-refractivity contribution >= 4 is 11.9 Å². The van der Waals surface area contributed by atoms with Crippen LogP contribution in [0, 0.1) is 0 Å². The Morgan fingerprint density at radius 3 is 2.61 bits per heavy atom. The molecule has 2 aromatic rings. The Balaban J connectivity index is 1.58. The van der Waals surface area contributed by atoms with Gasteiger partial charge in [0.05, 0.1) is 26.0 Å². The summed E-state index contributed by atoms with van der Waals surface area (Å²) >= 11 is 0. The summed E-state index contributed by atoms with van der Waals surface area (Å²) in [4.78, 5) is 28.1. The fourth-order valence-electron chi connectivity index (χ4n) is 4.11. The number of hydrogen-bond acceptors (Lipinski definition) is 7. The highest BCUT2D eigenvalue weighted by Crippen LogP contribution is 2.32. The maximum Gasteiger partial charge on any atom is 0.236 e. The number of nitrogens with zero attached hydrogens (tertiary/aromatic N) is 5. The van der Waals surface area contributed by atoms with E-state index in [-0.39, 0.29) is 12.0 Å². The van der Waals surface area contributed by atoms with Crippen LogP contribution in [0.1, 0.15) is 24.6 Å². The van der Waals surface area contributed by atoms with Crippen LogP contribution in [-0.2, 0) is 9.53 Å². The molecule has 1 aromatic carbocycles. The van der Waals surface area contributed by atoms with E-state index in [0.29, 0.717) is 25.6 Å². The molecule has 31 heavy (non-hydrogen) atoms. The fourth-order valence-corrected chi connectivity index (χ4v) is 4.11. The summed E-state index contributed by atoms with van der Waals surface area (Å²) < 4.78 is 11.4. The maximum atomic E-state index is 12.6. The quantitative estimate of drug-likeness (QED) is 0.703. The van der Waals surface area contributed by atoms with Gasteiger partial charge < -0.3 is 19.3 Å². The number of rotatable bonds is 6. The average Bonchev–Trinajstić information content (AvgIpc) is 3.34. The first kappa shape index (κ1) is 21.5. The van der Waals surface area contributed by atoms with Crippen molar-refractivity contribution in [3.8, 4) is 16.9 Å². The Hall–Kier alpha value is -2.71. The zero-order valence-corrected chi connectivity index (χ0v) is 18.6. The van der Waals surface area contributed by atoms with Gasteiger partial charge in [0.2, 0.25) is 11.9 Å². The van der Waals surface area contributed by atoms with Crippen LogP contribution in [0.4, 0.5) is 5.95 Å². The van der Waals surface area contributed by atoms with E-state index in [0.717, 1.165) is 55.0 Å². The van der Waals surface area contributed by atoms with Crippen LogP contribution >= 0.6 is 0 Å². The summed E-state index contributed by atoms with van der Waals surface area (Å²) in [6, 6.07) is 7.88. The van der Waals surface area contributed by atoms with Gasteiger partial charge >= 0.3 is 0 Å². The molecule has 4 rings (SSSR count). The average molecular weight is 426 g/mol. The van der Waals surface area contributed by atoms with E-state index < -0.39 is 0 Å². The molecule has 2 saturated heterocycles. The largest absolute Gasteiger partial charge is 0.497 e. The predicted octanol–water partition coefficient (Wildman–Crippen LogP) is 2.21. The van der Waals surface area contributed by atoms with Crippen LogP contribution in [0.3, 0.4) is 0 Å². The zero-order valence-electron chi connectivity index (χ0n) is 18.6. The minimum atomic E-state index is -0.223. The van der Waals surface area contributed by atoms with Gasteiger partial charge in [0.25, 0.3) is 0 Å². The molecule has 2 aliphatic heterocycles. The predicted molar refractivity (Wildman–Crippen MR) is 119 cm³/mol. The third-order valence-electron chi connectivity index (χ3n) is 5.88. The number of methoxy groups -OCH3 is 1. The van der Waals surface area contributed by atoms with Crippen LogP contribution in [0.5, 0.6) is 5.75 Å². The van der Waals surface area contributed by atoms with Gasteiger partial charge in [-0.05, 0) is 30.5 Å². The SMILES string of the molecule is COc1ccc(-c2cnc(N(C)C)nc2[C@H]2CN(CC(=O)N3CCCC3)CCO2)cc1. The van der Waals surface area contributed by atoms with E-state index in [1.54, 1.807) is 7.11 Å². The molecule has 0 aliphatic carbocycles. The maximum absolute atomic E-state index is 12.6. The molecule has 0 radical (unpaired) electrons. The van der Waals surface area contributed by atoms with Gasteiger partial charge in [-0.2, -0.15) is 0 Å². The van der Waals surface area contributed by atoms with Crippen molar-refractivity contribution in [2.45, 2.75) is 18.9 Å². The van der Waals surface area contributed by atoms with Crippen molar-refractivity contribution in [2.75, 3.05) is 65.4 Å². The number of carbonyl (C=O) groups is 1. The molecule has 1 aromatic heterocycles. The lowest BCUT2D eigenvalue weighted by atomic mass is 10.0. The van der Waals surface area contributed by atoms with Crippen LogP contribution < -0.4 is 9.64 Å². The molecule has 1 atom stereocenters. The third kappa shape index (κ3) is 4.97. The van der Waals surface area contributed by atoms with Crippen molar-refractivity contribution in [1.82, 2.24) is 19.8 Å². The van der Waals surface area contributed by atoms with Crippen molar-refractivity contribution in [3.05, 3.63) is 36.2 Å². The monoisotopic (exact) mass is 425 g/mol. The number of morpholine rings is 1. The van der Waals surface area contributed by atoms with Gasteiger partial charge in [-0.15, -0.1) is 0 Å². The summed E-state index contributed by atoms with van der Waals surface area (Å²) in [5.41, 5.74) is 2.79. The van der Waals surface area contributed by atoms with Gasteiger partial charge in [0.15, 0.2) is 0 Å². The molecule has 0 saturated carbocycles.